The van der Waals surface area contributed by atoms with Gasteiger partial charge in [-0.05, 0) is 184 Å². The van der Waals surface area contributed by atoms with E-state index in [4.69, 9.17) is 4.74 Å². The van der Waals surface area contributed by atoms with E-state index in [1.807, 2.05) is 30.3 Å². The molecule has 0 aliphatic heterocycles. The van der Waals surface area contributed by atoms with Crippen LogP contribution in [0.2, 0.25) is 0 Å². The Morgan fingerprint density at radius 2 is 1.62 bits per heavy atom. The molecule has 58 heavy (non-hydrogen) atoms. The maximum absolute atomic E-state index is 14.8. The van der Waals surface area contributed by atoms with Gasteiger partial charge in [0, 0.05) is 12.1 Å². The van der Waals surface area contributed by atoms with Crippen LogP contribution in [0.3, 0.4) is 0 Å². The molecule has 7 aliphatic carbocycles. The molecule has 0 amide bonds. The Labute approximate surface area is 352 Å². The first kappa shape index (κ1) is 42.2. The minimum atomic E-state index is -1.08. The van der Waals surface area contributed by atoms with Crippen LogP contribution >= 0.6 is 0 Å². The number of halogens is 1. The lowest BCUT2D eigenvalue weighted by Crippen LogP contribution is -2.63. The number of esters is 1. The second-order valence-corrected chi connectivity index (χ2v) is 22.8. The van der Waals surface area contributed by atoms with Crippen molar-refractivity contribution in [3.8, 4) is 0 Å². The fraction of sp³-hybridized carbons (Fsp3) is 0.722. The number of benzene rings is 1. The molecule has 0 spiro atoms. The van der Waals surface area contributed by atoms with Crippen LogP contribution < -0.4 is 5.32 Å². The third kappa shape index (κ3) is 7.59. The maximum atomic E-state index is 14.8. The molecule has 1 N–H and O–H groups in total. The molecule has 0 unspecified atom stereocenters. The molecule has 318 valence electrons. The van der Waals surface area contributed by atoms with Crippen molar-refractivity contribution in [2.45, 2.75) is 170 Å². The van der Waals surface area contributed by atoms with Crippen molar-refractivity contribution in [2.24, 2.45) is 62.6 Å². The molecule has 7 aliphatic rings. The molecule has 3 nitrogen and oxygen atoms in total. The van der Waals surface area contributed by atoms with Gasteiger partial charge in [-0.15, -0.1) is 0 Å². The summed E-state index contributed by atoms with van der Waals surface area (Å²) in [5, 5.41) is 4.35. The summed E-state index contributed by atoms with van der Waals surface area (Å²) in [5.41, 5.74) is 6.90. The number of nitrogens with one attached hydrogen (secondary N) is 1. The zero-order valence-electron chi connectivity index (χ0n) is 37.6. The van der Waals surface area contributed by atoms with Gasteiger partial charge in [0.05, 0.1) is 5.41 Å². The zero-order chi connectivity index (χ0) is 41.1. The highest BCUT2D eigenvalue weighted by Crippen LogP contribution is 2.69. The van der Waals surface area contributed by atoms with Crippen molar-refractivity contribution in [1.29, 1.82) is 0 Å². The minimum Gasteiger partial charge on any atom is -0.460 e. The number of ether oxygens (including phenoxy) is 1. The molecule has 0 saturated heterocycles. The van der Waals surface area contributed by atoms with E-state index in [1.165, 1.54) is 100 Å². The largest absolute Gasteiger partial charge is 0.460 e. The van der Waals surface area contributed by atoms with Gasteiger partial charge in [0.15, 0.2) is 0 Å². The molecular weight excluding hydrogens is 714 g/mol. The Hall–Kier alpha value is -2.46. The molecule has 1 aromatic carbocycles. The molecule has 0 bridgehead atoms. The average molecular weight is 792 g/mol. The SMILES string of the molecule is C=C(C)[C@@H]1CC[C@]2(NCC=C(C3CC3)C3CC3)CC[C@]3(C)[C@H](CCC[C@@]3(C)CC[C@@H]3C(C)(C)CC=C(C4=CC[C@](CF)(C(=O)OCc5ccccc5)CC4)C3(C)C)[C@@H]12. The normalized spacial score (nSPS) is 37.8. The molecule has 8 atom stereocenters. The summed E-state index contributed by atoms with van der Waals surface area (Å²) in [6, 6.07) is 9.72. The van der Waals surface area contributed by atoms with Crippen LogP contribution in [0.25, 0.3) is 0 Å². The van der Waals surface area contributed by atoms with Gasteiger partial charge in [-0.2, -0.15) is 0 Å². The Morgan fingerprint density at radius 1 is 0.897 bits per heavy atom. The summed E-state index contributed by atoms with van der Waals surface area (Å²) in [5.74, 6) is 3.98. The van der Waals surface area contributed by atoms with E-state index >= 15 is 0 Å². The smallest absolute Gasteiger partial charge is 0.315 e. The molecule has 8 rings (SSSR count). The van der Waals surface area contributed by atoms with E-state index in [0.29, 0.717) is 41.4 Å². The predicted octanol–water partition coefficient (Wildman–Crippen LogP) is 13.9. The van der Waals surface area contributed by atoms with Crippen LogP contribution in [0.4, 0.5) is 4.39 Å². The first-order chi connectivity index (χ1) is 27.6. The Kier molecular flexibility index (Phi) is 11.5. The topological polar surface area (TPSA) is 38.3 Å². The monoisotopic (exact) mass is 792 g/mol. The number of alkyl halides is 1. The highest BCUT2D eigenvalue weighted by molar-refractivity contribution is 5.78. The lowest BCUT2D eigenvalue weighted by molar-refractivity contribution is -0.159. The first-order valence-corrected chi connectivity index (χ1v) is 23.9. The lowest BCUT2D eigenvalue weighted by Gasteiger charge is -2.64. The van der Waals surface area contributed by atoms with Crippen molar-refractivity contribution in [3.63, 3.8) is 0 Å². The van der Waals surface area contributed by atoms with Gasteiger partial charge < -0.3 is 10.1 Å². The highest BCUT2D eigenvalue weighted by atomic mass is 19.1. The number of hydrogen-bond donors (Lipinski definition) is 1. The molecule has 0 radical (unpaired) electrons. The van der Waals surface area contributed by atoms with Gasteiger partial charge in [0.1, 0.15) is 13.3 Å². The highest BCUT2D eigenvalue weighted by Gasteiger charge is 2.64. The van der Waals surface area contributed by atoms with Crippen LogP contribution in [0.1, 0.15) is 163 Å². The van der Waals surface area contributed by atoms with Gasteiger partial charge >= 0.3 is 5.97 Å². The summed E-state index contributed by atoms with van der Waals surface area (Å²) in [6.07, 6.45) is 27.6. The van der Waals surface area contributed by atoms with Crippen molar-refractivity contribution < 1.29 is 13.9 Å². The number of hydrogen-bond acceptors (Lipinski definition) is 3. The van der Waals surface area contributed by atoms with Gasteiger partial charge in [-0.1, -0.05) is 114 Å². The molecular formula is C54H78FNO2. The van der Waals surface area contributed by atoms with Crippen LogP contribution in [0.5, 0.6) is 0 Å². The van der Waals surface area contributed by atoms with Crippen LogP contribution in [-0.2, 0) is 16.1 Å². The fourth-order valence-corrected chi connectivity index (χ4v) is 14.6. The summed E-state index contributed by atoms with van der Waals surface area (Å²) >= 11 is 0. The number of rotatable bonds is 14. The number of carbonyl (C=O) groups excluding carboxylic acids is 1. The van der Waals surface area contributed by atoms with Crippen molar-refractivity contribution in [3.05, 3.63) is 83.0 Å². The van der Waals surface area contributed by atoms with E-state index in [0.717, 1.165) is 42.7 Å². The number of allylic oxidation sites excluding steroid dienone is 6. The summed E-state index contributed by atoms with van der Waals surface area (Å²) in [7, 11) is 0. The predicted molar refractivity (Wildman–Crippen MR) is 238 cm³/mol. The summed E-state index contributed by atoms with van der Waals surface area (Å²) in [4.78, 5) is 13.4. The zero-order valence-corrected chi connectivity index (χ0v) is 37.6. The van der Waals surface area contributed by atoms with Crippen molar-refractivity contribution >= 4 is 5.97 Å². The minimum absolute atomic E-state index is 0.0160. The van der Waals surface area contributed by atoms with Gasteiger partial charge in [0.2, 0.25) is 0 Å². The average Bonchev–Trinajstić information content (AvgIpc) is 4.15. The Bertz CT molecular complexity index is 1780. The van der Waals surface area contributed by atoms with Gasteiger partial charge in [0.25, 0.3) is 0 Å². The van der Waals surface area contributed by atoms with Crippen LogP contribution in [0.15, 0.2) is 77.4 Å². The van der Waals surface area contributed by atoms with E-state index < -0.39 is 18.1 Å². The molecule has 1 aromatic rings. The molecule has 4 heteroatoms. The van der Waals surface area contributed by atoms with Crippen LogP contribution in [-0.4, -0.2) is 24.7 Å². The Balaban J connectivity index is 0.976. The lowest BCUT2D eigenvalue weighted by atomic mass is 9.42. The molecule has 5 fully saturated rings. The molecule has 5 saturated carbocycles. The van der Waals surface area contributed by atoms with Crippen molar-refractivity contribution in [1.82, 2.24) is 5.32 Å². The molecule has 0 heterocycles. The van der Waals surface area contributed by atoms with Gasteiger partial charge in [-0.25, -0.2) is 4.39 Å². The molecule has 0 aromatic heterocycles. The van der Waals surface area contributed by atoms with Gasteiger partial charge in [-0.3, -0.25) is 4.79 Å². The number of fused-ring (bicyclic) bond motifs is 3. The second-order valence-electron chi connectivity index (χ2n) is 22.8. The van der Waals surface area contributed by atoms with E-state index in [9.17, 15) is 9.18 Å². The third-order valence-corrected chi connectivity index (χ3v) is 18.6. The fourth-order valence-electron chi connectivity index (χ4n) is 14.6. The third-order valence-electron chi connectivity index (χ3n) is 18.6. The maximum Gasteiger partial charge on any atom is 0.315 e. The Morgan fingerprint density at radius 3 is 2.26 bits per heavy atom. The number of carbonyl (C=O) groups is 1. The standard InChI is InChI=1S/C54H78FNO2/c1-37(2)42-22-31-54(56-34-25-43(39-16-17-39)40-18-19-40)33-32-52(8)45(47(42)54)15-12-26-51(52,7)28-24-46-49(3,4)27-23-44(50(46,5)6)41-20-29-53(36-55,30-21-41)48(57)58-35-38-13-10-9-11-14-38/h9-11,13-14,20,23,25,39-40,42,45-47,56H,1,12,15-19,21-22,24,26-36H2,2-8H3/t42-,45+,46+,47+,51-,52+,53-,54-/m0/s1. The quantitative estimate of drug-likeness (QED) is 0.151. The van der Waals surface area contributed by atoms with E-state index in [-0.39, 0.29) is 23.0 Å². The summed E-state index contributed by atoms with van der Waals surface area (Å²) < 4.78 is 20.5. The van der Waals surface area contributed by atoms with Crippen molar-refractivity contribution in [2.75, 3.05) is 13.2 Å². The summed E-state index contributed by atoms with van der Waals surface area (Å²) in [6.45, 7) is 23.0. The van der Waals surface area contributed by atoms with Crippen LogP contribution in [0, 0.1) is 62.6 Å². The van der Waals surface area contributed by atoms with E-state index in [1.54, 1.807) is 5.57 Å². The van der Waals surface area contributed by atoms with E-state index in [2.05, 4.69) is 78.6 Å². The first-order valence-electron chi connectivity index (χ1n) is 23.9. The second kappa shape index (κ2) is 15.8.